The molecule has 0 amide bonds. The van der Waals surface area contributed by atoms with Crippen LogP contribution in [0.4, 0.5) is 10.2 Å². The molecule has 3 rings (SSSR count). The zero-order valence-corrected chi connectivity index (χ0v) is 14.4. The van der Waals surface area contributed by atoms with Crippen molar-refractivity contribution >= 4 is 24.3 Å². The molecule has 6 heteroatoms. The molecule has 1 saturated carbocycles. The molecule has 0 aliphatic heterocycles. The Bertz CT molecular complexity index is 812. The Labute approximate surface area is 145 Å². The number of aromatic amines is 1. The van der Waals surface area contributed by atoms with Crippen molar-refractivity contribution in [1.82, 2.24) is 9.97 Å². The Kier molecular flexibility index (Phi) is 5.04. The van der Waals surface area contributed by atoms with Crippen LogP contribution in [0.2, 0.25) is 0 Å². The van der Waals surface area contributed by atoms with Crippen LogP contribution in [0.15, 0.2) is 18.2 Å². The lowest BCUT2D eigenvalue weighted by Gasteiger charge is -2.24. The molecule has 0 spiro atoms. The molecule has 0 bridgehead atoms. The summed E-state index contributed by atoms with van der Waals surface area (Å²) in [6.07, 6.45) is 6.52. The highest BCUT2D eigenvalue weighted by atomic mass is 32.1. The molecule has 4 nitrogen and oxygen atoms in total. The molecule has 1 heterocycles. The summed E-state index contributed by atoms with van der Waals surface area (Å²) in [7, 11) is 0. The van der Waals surface area contributed by atoms with Crippen LogP contribution in [-0.2, 0) is 0 Å². The van der Waals surface area contributed by atoms with Crippen molar-refractivity contribution in [3.8, 4) is 11.3 Å². The van der Waals surface area contributed by atoms with Gasteiger partial charge in [0.05, 0.1) is 11.3 Å². The fraction of sp³-hybridized carbons (Fsp3) is 0.389. The van der Waals surface area contributed by atoms with Crippen molar-refractivity contribution in [1.29, 1.82) is 0 Å². The van der Waals surface area contributed by atoms with Crippen molar-refractivity contribution in [3.63, 3.8) is 0 Å². The van der Waals surface area contributed by atoms with Gasteiger partial charge in [-0.1, -0.05) is 19.3 Å². The first-order chi connectivity index (χ1) is 11.6. The number of halogens is 1. The largest absolute Gasteiger partial charge is 0.367 e. The molecule has 1 aliphatic rings. The lowest BCUT2D eigenvalue weighted by molar-refractivity contribution is 0.112. The summed E-state index contributed by atoms with van der Waals surface area (Å²) < 4.78 is 13.7. The number of benzene rings is 1. The van der Waals surface area contributed by atoms with Crippen molar-refractivity contribution in [2.45, 2.75) is 45.1 Å². The lowest BCUT2D eigenvalue weighted by Crippen LogP contribution is -2.24. The maximum atomic E-state index is 13.4. The molecule has 0 unspecified atom stereocenters. The summed E-state index contributed by atoms with van der Waals surface area (Å²) in [6.45, 7) is 1.80. The van der Waals surface area contributed by atoms with E-state index in [1.807, 2.05) is 0 Å². The number of hydrogen-bond acceptors (Lipinski definition) is 4. The van der Waals surface area contributed by atoms with Crippen molar-refractivity contribution in [3.05, 3.63) is 39.9 Å². The number of nitrogens with zero attached hydrogens (tertiary/aromatic N) is 1. The van der Waals surface area contributed by atoms with E-state index >= 15 is 0 Å². The maximum absolute atomic E-state index is 13.4. The maximum Gasteiger partial charge on any atom is 0.199 e. The molecule has 126 valence electrons. The van der Waals surface area contributed by atoms with Gasteiger partial charge in [0.2, 0.25) is 0 Å². The predicted molar refractivity (Wildman–Crippen MR) is 95.4 cm³/mol. The fourth-order valence-corrected chi connectivity index (χ4v) is 3.46. The number of H-pyrrole nitrogens is 1. The number of aromatic nitrogens is 2. The second kappa shape index (κ2) is 7.21. The summed E-state index contributed by atoms with van der Waals surface area (Å²) in [6, 6.07) is 4.78. The van der Waals surface area contributed by atoms with Gasteiger partial charge in [0.25, 0.3) is 0 Å². The predicted octanol–water partition coefficient (Wildman–Crippen LogP) is 4.81. The molecular weight excluding hydrogens is 325 g/mol. The van der Waals surface area contributed by atoms with Gasteiger partial charge in [-0.2, -0.15) is 0 Å². The normalized spacial score (nSPS) is 15.2. The smallest absolute Gasteiger partial charge is 0.199 e. The highest BCUT2D eigenvalue weighted by Gasteiger charge is 2.19. The number of carbonyl (C=O) groups is 1. The summed E-state index contributed by atoms with van der Waals surface area (Å²) in [5.74, 6) is 0.205. The number of nitrogens with one attached hydrogen (secondary N) is 2. The minimum atomic E-state index is -0.308. The second-order valence-corrected chi connectivity index (χ2v) is 6.62. The summed E-state index contributed by atoms with van der Waals surface area (Å²) in [5, 5.41) is 3.38. The average molecular weight is 345 g/mol. The van der Waals surface area contributed by atoms with Gasteiger partial charge in [0, 0.05) is 11.6 Å². The summed E-state index contributed by atoms with van der Waals surface area (Å²) in [5.41, 5.74) is 2.50. The van der Waals surface area contributed by atoms with E-state index in [0.29, 0.717) is 27.9 Å². The number of carbonyl (C=O) groups excluding carboxylic acids is 1. The van der Waals surface area contributed by atoms with Crippen LogP contribution < -0.4 is 5.32 Å². The van der Waals surface area contributed by atoms with E-state index < -0.39 is 0 Å². The number of anilines is 1. The first-order valence-corrected chi connectivity index (χ1v) is 8.62. The zero-order valence-electron chi connectivity index (χ0n) is 13.6. The van der Waals surface area contributed by atoms with Crippen molar-refractivity contribution in [2.75, 3.05) is 5.32 Å². The van der Waals surface area contributed by atoms with E-state index in [2.05, 4.69) is 15.3 Å². The molecular formula is C18H20FN3OS. The third-order valence-electron chi connectivity index (χ3n) is 4.49. The molecule has 1 aliphatic carbocycles. The van der Waals surface area contributed by atoms with E-state index in [-0.39, 0.29) is 5.82 Å². The highest BCUT2D eigenvalue weighted by molar-refractivity contribution is 7.71. The fourth-order valence-electron chi connectivity index (χ4n) is 3.27. The zero-order chi connectivity index (χ0) is 17.1. The average Bonchev–Trinajstić information content (AvgIpc) is 2.55. The van der Waals surface area contributed by atoms with Crippen LogP contribution >= 0.6 is 12.2 Å². The minimum absolute atomic E-state index is 0.303. The topological polar surface area (TPSA) is 57.8 Å². The van der Waals surface area contributed by atoms with Gasteiger partial charge in [-0.05, 0) is 55.7 Å². The number of rotatable bonds is 4. The SMILES string of the molecule is Cc1cc(F)ccc1-c1[nH]c(=S)nc(NC2CCCCC2)c1C=O. The molecule has 2 N–H and O–H groups in total. The monoisotopic (exact) mass is 345 g/mol. The van der Waals surface area contributed by atoms with Gasteiger partial charge in [0.1, 0.15) is 11.6 Å². The van der Waals surface area contributed by atoms with Crippen LogP contribution in [0.1, 0.15) is 48.0 Å². The third-order valence-corrected chi connectivity index (χ3v) is 4.68. The molecule has 1 aromatic heterocycles. The summed E-state index contributed by atoms with van der Waals surface area (Å²) >= 11 is 5.23. The van der Waals surface area contributed by atoms with Crippen molar-refractivity contribution in [2.24, 2.45) is 0 Å². The Morgan fingerprint density at radius 2 is 2.08 bits per heavy atom. The van der Waals surface area contributed by atoms with Crippen LogP contribution in [-0.4, -0.2) is 22.3 Å². The van der Waals surface area contributed by atoms with Gasteiger partial charge in [-0.15, -0.1) is 0 Å². The molecule has 0 saturated heterocycles. The molecule has 2 aromatic rings. The molecule has 1 fully saturated rings. The highest BCUT2D eigenvalue weighted by Crippen LogP contribution is 2.29. The first kappa shape index (κ1) is 16.8. The summed E-state index contributed by atoms with van der Waals surface area (Å²) in [4.78, 5) is 19.0. The van der Waals surface area contributed by atoms with Crippen LogP contribution in [0.3, 0.4) is 0 Å². The Balaban J connectivity index is 2.06. The lowest BCUT2D eigenvalue weighted by atomic mass is 9.95. The third kappa shape index (κ3) is 3.53. The van der Waals surface area contributed by atoms with Gasteiger partial charge in [-0.3, -0.25) is 4.79 Å². The Morgan fingerprint density at radius 3 is 2.75 bits per heavy atom. The minimum Gasteiger partial charge on any atom is -0.367 e. The standard InChI is InChI=1S/C18H20FN3OS/c1-11-9-12(19)7-8-14(11)16-15(10-23)17(22-18(24)21-16)20-13-5-3-2-4-6-13/h7-10,13H,2-6H2,1H3,(H2,20,21,22,24). The quantitative estimate of drug-likeness (QED) is 0.617. The van der Waals surface area contributed by atoms with E-state index in [4.69, 9.17) is 12.2 Å². The molecule has 1 aromatic carbocycles. The van der Waals surface area contributed by atoms with E-state index in [1.54, 1.807) is 13.0 Å². The molecule has 24 heavy (non-hydrogen) atoms. The number of aldehydes is 1. The van der Waals surface area contributed by atoms with Crippen molar-refractivity contribution < 1.29 is 9.18 Å². The van der Waals surface area contributed by atoms with Crippen LogP contribution in [0.5, 0.6) is 0 Å². The van der Waals surface area contributed by atoms with Gasteiger partial charge in [-0.25, -0.2) is 9.37 Å². The van der Waals surface area contributed by atoms with E-state index in [1.165, 1.54) is 31.4 Å². The van der Waals surface area contributed by atoms with E-state index in [0.717, 1.165) is 30.3 Å². The molecule has 0 radical (unpaired) electrons. The van der Waals surface area contributed by atoms with Crippen LogP contribution in [0, 0.1) is 17.5 Å². The van der Waals surface area contributed by atoms with Crippen LogP contribution in [0.25, 0.3) is 11.3 Å². The molecule has 0 atom stereocenters. The van der Waals surface area contributed by atoms with E-state index in [9.17, 15) is 9.18 Å². The Morgan fingerprint density at radius 1 is 1.33 bits per heavy atom. The van der Waals surface area contributed by atoms with Gasteiger partial charge >= 0.3 is 0 Å². The van der Waals surface area contributed by atoms with Gasteiger partial charge in [0.15, 0.2) is 11.1 Å². The Hall–Kier alpha value is -2.08. The number of hydrogen-bond donors (Lipinski definition) is 2. The number of aryl methyl sites for hydroxylation is 1. The second-order valence-electron chi connectivity index (χ2n) is 6.24. The first-order valence-electron chi connectivity index (χ1n) is 8.21. The van der Waals surface area contributed by atoms with Gasteiger partial charge < -0.3 is 10.3 Å².